The molecule has 0 aliphatic carbocycles. The fourth-order valence-corrected chi connectivity index (χ4v) is 3.23. The molecule has 1 atom stereocenters. The average Bonchev–Trinajstić information content (AvgIpc) is 2.91. The Morgan fingerprint density at radius 3 is 2.63 bits per heavy atom. The van der Waals surface area contributed by atoms with E-state index in [1.165, 1.54) is 9.71 Å². The van der Waals surface area contributed by atoms with Crippen molar-refractivity contribution in [3.05, 3.63) is 40.3 Å². The van der Waals surface area contributed by atoms with Gasteiger partial charge in [0, 0.05) is 30.1 Å². The van der Waals surface area contributed by atoms with Crippen molar-refractivity contribution in [3.63, 3.8) is 0 Å². The maximum absolute atomic E-state index is 12.1. The number of hydrogen-bond acceptors (Lipinski definition) is 3. The Hall–Kier alpha value is -0.880. The number of benzene rings is 1. The molecule has 0 spiro atoms. The first kappa shape index (κ1) is 14.5. The molecule has 4 nitrogen and oxygen atoms in total. The largest absolute Gasteiger partial charge is 0.315 e. The summed E-state index contributed by atoms with van der Waals surface area (Å²) in [5.41, 5.74) is 0.811. The van der Waals surface area contributed by atoms with E-state index in [1.54, 1.807) is 37.4 Å². The maximum atomic E-state index is 12.1. The molecule has 1 saturated heterocycles. The van der Waals surface area contributed by atoms with E-state index in [0.717, 1.165) is 18.5 Å². The van der Waals surface area contributed by atoms with E-state index in [0.29, 0.717) is 11.6 Å². The number of nitrogens with zero attached hydrogens (tertiary/aromatic N) is 1. The first-order valence-corrected chi connectivity index (χ1v) is 7.99. The van der Waals surface area contributed by atoms with Crippen LogP contribution >= 0.6 is 11.6 Å². The lowest BCUT2D eigenvalue weighted by Gasteiger charge is -2.21. The van der Waals surface area contributed by atoms with Crippen LogP contribution in [0.5, 0.6) is 0 Å². The number of halogens is 1. The molecule has 0 saturated carbocycles. The Balaban J connectivity index is 2.09. The Morgan fingerprint density at radius 2 is 2.05 bits per heavy atom. The number of hydrogen-bond donors (Lipinski definition) is 1. The molecule has 1 fully saturated rings. The minimum atomic E-state index is -3.37. The summed E-state index contributed by atoms with van der Waals surface area (Å²) in [5, 5.41) is 5.04. The molecular formula is C13H17ClN2O2S. The molecule has 1 aliphatic heterocycles. The van der Waals surface area contributed by atoms with Gasteiger partial charge in [-0.15, -0.1) is 0 Å². The van der Waals surface area contributed by atoms with Gasteiger partial charge in [0.05, 0.1) is 0 Å². The SMILES string of the molecule is CN(C1CCNC1)S(=O)(=O)C=Cc1ccc(Cl)cc1. The standard InChI is InChI=1S/C13H17ClN2O2S/c1-16(13-6-8-15-10-13)19(17,18)9-7-11-2-4-12(14)5-3-11/h2-5,7,9,13,15H,6,8,10H2,1H3. The fourth-order valence-electron chi connectivity index (χ4n) is 1.99. The van der Waals surface area contributed by atoms with Gasteiger partial charge in [-0.25, -0.2) is 8.42 Å². The number of likely N-dealkylation sites (N-methyl/N-ethyl adjacent to an activating group) is 1. The van der Waals surface area contributed by atoms with Crippen molar-refractivity contribution in [1.29, 1.82) is 0 Å². The molecule has 1 heterocycles. The lowest BCUT2D eigenvalue weighted by atomic mass is 10.2. The van der Waals surface area contributed by atoms with E-state index >= 15 is 0 Å². The van der Waals surface area contributed by atoms with Crippen LogP contribution in [0.1, 0.15) is 12.0 Å². The van der Waals surface area contributed by atoms with Crippen molar-refractivity contribution >= 4 is 27.7 Å². The van der Waals surface area contributed by atoms with E-state index in [2.05, 4.69) is 5.32 Å². The van der Waals surface area contributed by atoms with Crippen molar-refractivity contribution in [2.75, 3.05) is 20.1 Å². The molecule has 0 aromatic heterocycles. The van der Waals surface area contributed by atoms with Gasteiger partial charge in [0.2, 0.25) is 10.0 Å². The van der Waals surface area contributed by atoms with Gasteiger partial charge >= 0.3 is 0 Å². The Labute approximate surface area is 119 Å². The van der Waals surface area contributed by atoms with Gasteiger partial charge < -0.3 is 5.32 Å². The maximum Gasteiger partial charge on any atom is 0.236 e. The van der Waals surface area contributed by atoms with Crippen LogP contribution in [0.15, 0.2) is 29.7 Å². The van der Waals surface area contributed by atoms with Crippen molar-refractivity contribution < 1.29 is 8.42 Å². The first-order chi connectivity index (χ1) is 8.99. The van der Waals surface area contributed by atoms with Crippen LogP contribution in [0.4, 0.5) is 0 Å². The van der Waals surface area contributed by atoms with E-state index in [4.69, 9.17) is 11.6 Å². The van der Waals surface area contributed by atoms with Crippen molar-refractivity contribution in [2.24, 2.45) is 0 Å². The van der Waals surface area contributed by atoms with Gasteiger partial charge in [0.15, 0.2) is 0 Å². The molecule has 19 heavy (non-hydrogen) atoms. The number of sulfonamides is 1. The zero-order valence-corrected chi connectivity index (χ0v) is 12.3. The highest BCUT2D eigenvalue weighted by Crippen LogP contribution is 2.15. The van der Waals surface area contributed by atoms with Crippen LogP contribution in [0.25, 0.3) is 6.08 Å². The van der Waals surface area contributed by atoms with Gasteiger partial charge in [-0.1, -0.05) is 23.7 Å². The summed E-state index contributed by atoms with van der Waals surface area (Å²) < 4.78 is 25.7. The molecule has 0 bridgehead atoms. The molecule has 104 valence electrons. The summed E-state index contributed by atoms with van der Waals surface area (Å²) in [6.07, 6.45) is 2.44. The van der Waals surface area contributed by atoms with Crippen molar-refractivity contribution in [1.82, 2.24) is 9.62 Å². The van der Waals surface area contributed by atoms with Crippen LogP contribution < -0.4 is 5.32 Å². The van der Waals surface area contributed by atoms with Gasteiger partial charge in [-0.3, -0.25) is 0 Å². The molecule has 1 N–H and O–H groups in total. The van der Waals surface area contributed by atoms with E-state index in [1.807, 2.05) is 0 Å². The first-order valence-electron chi connectivity index (χ1n) is 6.11. The Morgan fingerprint density at radius 1 is 1.37 bits per heavy atom. The second kappa shape index (κ2) is 6.05. The summed E-state index contributed by atoms with van der Waals surface area (Å²) in [6.45, 7) is 1.58. The minimum Gasteiger partial charge on any atom is -0.315 e. The third kappa shape index (κ3) is 3.79. The Bertz CT molecular complexity index is 549. The van der Waals surface area contributed by atoms with E-state index in [9.17, 15) is 8.42 Å². The van der Waals surface area contributed by atoms with Crippen LogP contribution in [-0.4, -0.2) is 38.9 Å². The smallest absolute Gasteiger partial charge is 0.236 e. The average molecular weight is 301 g/mol. The molecule has 1 aromatic rings. The van der Waals surface area contributed by atoms with Crippen LogP contribution in [0, 0.1) is 0 Å². The third-order valence-corrected chi connectivity index (χ3v) is 5.09. The van der Waals surface area contributed by atoms with Crippen molar-refractivity contribution in [3.8, 4) is 0 Å². The van der Waals surface area contributed by atoms with Gasteiger partial charge in [-0.05, 0) is 36.7 Å². The minimum absolute atomic E-state index is 0.0415. The lowest BCUT2D eigenvalue weighted by Crippen LogP contribution is -2.37. The fraction of sp³-hybridized carbons (Fsp3) is 0.385. The summed E-state index contributed by atoms with van der Waals surface area (Å²) >= 11 is 5.78. The number of rotatable bonds is 4. The quantitative estimate of drug-likeness (QED) is 0.924. The molecule has 6 heteroatoms. The molecular weight excluding hydrogens is 284 g/mol. The number of nitrogens with one attached hydrogen (secondary N) is 1. The highest BCUT2D eigenvalue weighted by atomic mass is 35.5. The zero-order chi connectivity index (χ0) is 13.9. The van der Waals surface area contributed by atoms with Crippen LogP contribution in [0.2, 0.25) is 5.02 Å². The van der Waals surface area contributed by atoms with Crippen molar-refractivity contribution in [2.45, 2.75) is 12.5 Å². The molecule has 1 unspecified atom stereocenters. The molecule has 1 aliphatic rings. The van der Waals surface area contributed by atoms with E-state index < -0.39 is 10.0 Å². The molecule has 0 amide bonds. The monoisotopic (exact) mass is 300 g/mol. The van der Waals surface area contributed by atoms with Crippen LogP contribution in [0.3, 0.4) is 0 Å². The van der Waals surface area contributed by atoms with E-state index in [-0.39, 0.29) is 6.04 Å². The molecule has 0 radical (unpaired) electrons. The Kier molecular flexibility index (Phi) is 4.62. The zero-order valence-electron chi connectivity index (χ0n) is 10.7. The van der Waals surface area contributed by atoms with Gasteiger partial charge in [0.25, 0.3) is 0 Å². The van der Waals surface area contributed by atoms with Crippen LogP contribution in [-0.2, 0) is 10.0 Å². The van der Waals surface area contributed by atoms with Gasteiger partial charge in [0.1, 0.15) is 0 Å². The second-order valence-corrected chi connectivity index (χ2v) is 6.88. The second-order valence-electron chi connectivity index (χ2n) is 4.56. The summed E-state index contributed by atoms with van der Waals surface area (Å²) in [5.74, 6) is 0. The normalized spacial score (nSPS) is 20.5. The molecule has 2 rings (SSSR count). The third-order valence-electron chi connectivity index (χ3n) is 3.25. The predicted molar refractivity (Wildman–Crippen MR) is 78.4 cm³/mol. The molecule has 1 aromatic carbocycles. The topological polar surface area (TPSA) is 49.4 Å². The summed E-state index contributed by atoms with van der Waals surface area (Å²) in [4.78, 5) is 0. The van der Waals surface area contributed by atoms with Gasteiger partial charge in [-0.2, -0.15) is 4.31 Å². The highest BCUT2D eigenvalue weighted by molar-refractivity contribution is 7.92. The summed E-state index contributed by atoms with van der Waals surface area (Å²) in [7, 11) is -1.75. The highest BCUT2D eigenvalue weighted by Gasteiger charge is 2.26. The lowest BCUT2D eigenvalue weighted by molar-refractivity contribution is 0.393. The predicted octanol–water partition coefficient (Wildman–Crippen LogP) is 1.93. The summed E-state index contributed by atoms with van der Waals surface area (Å²) in [6, 6.07) is 7.08.